The number of carbonyl (C=O) groups excluding carboxylic acids is 2. The molecule has 0 radical (unpaired) electrons. The summed E-state index contributed by atoms with van der Waals surface area (Å²) in [4.78, 5) is 24.8. The van der Waals surface area contributed by atoms with Gasteiger partial charge in [0.05, 0.1) is 19.8 Å². The molecular formula is C21H20ClNO6. The van der Waals surface area contributed by atoms with Crippen LogP contribution in [0.5, 0.6) is 17.2 Å². The third-order valence-corrected chi connectivity index (χ3v) is 4.49. The second-order valence-electron chi connectivity index (χ2n) is 6.25. The average molecular weight is 418 g/mol. The molecule has 0 saturated heterocycles. The highest BCUT2D eigenvalue weighted by Crippen LogP contribution is 2.31. The maximum absolute atomic E-state index is 12.4. The van der Waals surface area contributed by atoms with Crippen molar-refractivity contribution in [3.63, 3.8) is 0 Å². The molecule has 7 nitrogen and oxygen atoms in total. The first-order chi connectivity index (χ1) is 13.9. The van der Waals surface area contributed by atoms with Gasteiger partial charge in [-0.25, -0.2) is 4.79 Å². The number of fused-ring (bicyclic) bond motifs is 1. The van der Waals surface area contributed by atoms with E-state index in [9.17, 15) is 9.59 Å². The maximum atomic E-state index is 12.4. The fourth-order valence-electron chi connectivity index (χ4n) is 2.71. The molecule has 1 aliphatic rings. The number of carbonyl (C=O) groups is 2. The number of ether oxygens (including phenoxy) is 4. The first-order valence-corrected chi connectivity index (χ1v) is 9.16. The number of esters is 1. The van der Waals surface area contributed by atoms with E-state index in [4.69, 9.17) is 30.5 Å². The van der Waals surface area contributed by atoms with E-state index in [0.29, 0.717) is 39.1 Å². The van der Waals surface area contributed by atoms with Gasteiger partial charge in [0.15, 0.2) is 17.6 Å². The van der Waals surface area contributed by atoms with Gasteiger partial charge in [0.25, 0.3) is 5.91 Å². The first kappa shape index (κ1) is 20.5. The molecule has 0 fully saturated rings. The number of amides is 1. The van der Waals surface area contributed by atoms with Crippen molar-refractivity contribution >= 4 is 35.2 Å². The Balaban J connectivity index is 1.64. The fourth-order valence-corrected chi connectivity index (χ4v) is 2.89. The predicted octanol–water partition coefficient (Wildman–Crippen LogP) is 3.70. The van der Waals surface area contributed by atoms with Crippen LogP contribution in [0.2, 0.25) is 5.02 Å². The normalized spacial score (nSPS) is 13.3. The first-order valence-electron chi connectivity index (χ1n) is 8.78. The van der Waals surface area contributed by atoms with Gasteiger partial charge in [0, 0.05) is 22.3 Å². The van der Waals surface area contributed by atoms with Crippen LogP contribution in [-0.4, -0.2) is 38.8 Å². The fraction of sp³-hybridized carbons (Fsp3) is 0.238. The molecule has 152 valence electrons. The lowest BCUT2D eigenvalue weighted by Crippen LogP contribution is -2.31. The van der Waals surface area contributed by atoms with Crippen molar-refractivity contribution in [2.75, 3.05) is 26.1 Å². The van der Waals surface area contributed by atoms with Gasteiger partial charge in [-0.2, -0.15) is 0 Å². The van der Waals surface area contributed by atoms with Crippen LogP contribution in [0.4, 0.5) is 5.69 Å². The molecule has 1 atom stereocenters. The van der Waals surface area contributed by atoms with E-state index in [1.165, 1.54) is 21.1 Å². The van der Waals surface area contributed by atoms with Crippen LogP contribution in [0.15, 0.2) is 42.0 Å². The number of halogens is 1. The third kappa shape index (κ3) is 4.81. The van der Waals surface area contributed by atoms with E-state index in [-0.39, 0.29) is 6.61 Å². The molecule has 0 aromatic heterocycles. The standard InChI is InChI=1S/C21H20ClNO6/c1-12(20(24)23-16-5-7-18(26-2)19(10-16)27-3)29-21(25)14-8-13-9-15(22)4-6-17(13)28-11-14/h4-10,12H,11H2,1-3H3,(H,23,24). The van der Waals surface area contributed by atoms with Gasteiger partial charge in [-0.05, 0) is 43.3 Å². The molecule has 2 aromatic rings. The van der Waals surface area contributed by atoms with Gasteiger partial charge < -0.3 is 24.3 Å². The molecule has 1 heterocycles. The lowest BCUT2D eigenvalue weighted by Gasteiger charge is -2.19. The zero-order valence-corrected chi connectivity index (χ0v) is 16.9. The molecule has 29 heavy (non-hydrogen) atoms. The van der Waals surface area contributed by atoms with Crippen molar-refractivity contribution in [2.24, 2.45) is 0 Å². The van der Waals surface area contributed by atoms with Crippen LogP contribution < -0.4 is 19.5 Å². The maximum Gasteiger partial charge on any atom is 0.338 e. The molecule has 1 unspecified atom stereocenters. The van der Waals surface area contributed by atoms with Crippen LogP contribution >= 0.6 is 11.6 Å². The van der Waals surface area contributed by atoms with Crippen LogP contribution in [-0.2, 0) is 14.3 Å². The van der Waals surface area contributed by atoms with Crippen molar-refractivity contribution in [3.05, 3.63) is 52.6 Å². The second kappa shape index (κ2) is 8.87. The van der Waals surface area contributed by atoms with E-state index in [1.54, 1.807) is 42.5 Å². The molecule has 0 spiro atoms. The Kier molecular flexibility index (Phi) is 6.29. The van der Waals surface area contributed by atoms with Gasteiger partial charge >= 0.3 is 5.97 Å². The van der Waals surface area contributed by atoms with Gasteiger partial charge in [0.1, 0.15) is 12.4 Å². The minimum absolute atomic E-state index is 0.0531. The predicted molar refractivity (Wildman–Crippen MR) is 109 cm³/mol. The quantitative estimate of drug-likeness (QED) is 0.721. The molecule has 0 saturated carbocycles. The van der Waals surface area contributed by atoms with Crippen molar-refractivity contribution in [1.82, 2.24) is 0 Å². The summed E-state index contributed by atoms with van der Waals surface area (Å²) < 4.78 is 21.2. The molecule has 0 aliphatic carbocycles. The van der Waals surface area contributed by atoms with E-state index < -0.39 is 18.0 Å². The number of methoxy groups -OCH3 is 2. The molecule has 0 bridgehead atoms. The Morgan fingerprint density at radius 1 is 1.10 bits per heavy atom. The largest absolute Gasteiger partial charge is 0.493 e. The lowest BCUT2D eigenvalue weighted by atomic mass is 10.1. The zero-order valence-electron chi connectivity index (χ0n) is 16.2. The number of nitrogens with one attached hydrogen (secondary N) is 1. The summed E-state index contributed by atoms with van der Waals surface area (Å²) >= 11 is 5.98. The number of hydrogen-bond donors (Lipinski definition) is 1. The molecular weight excluding hydrogens is 398 g/mol. The van der Waals surface area contributed by atoms with Crippen LogP contribution in [0.3, 0.4) is 0 Å². The Hall–Kier alpha value is -3.19. The van der Waals surface area contributed by atoms with Crippen molar-refractivity contribution in [1.29, 1.82) is 0 Å². The topological polar surface area (TPSA) is 83.1 Å². The van der Waals surface area contributed by atoms with E-state index in [0.717, 1.165) is 0 Å². The summed E-state index contributed by atoms with van der Waals surface area (Å²) in [6.07, 6.45) is 0.628. The van der Waals surface area contributed by atoms with Crippen LogP contribution in [0.1, 0.15) is 12.5 Å². The molecule has 2 aromatic carbocycles. The lowest BCUT2D eigenvalue weighted by molar-refractivity contribution is -0.149. The summed E-state index contributed by atoms with van der Waals surface area (Å²) in [5.74, 6) is 0.522. The Bertz CT molecular complexity index is 972. The monoisotopic (exact) mass is 417 g/mol. The van der Waals surface area contributed by atoms with Crippen molar-refractivity contribution < 1.29 is 28.5 Å². The minimum Gasteiger partial charge on any atom is -0.493 e. The van der Waals surface area contributed by atoms with E-state index >= 15 is 0 Å². The Morgan fingerprint density at radius 3 is 2.59 bits per heavy atom. The SMILES string of the molecule is COc1ccc(NC(=O)C(C)OC(=O)C2=Cc3cc(Cl)ccc3OC2)cc1OC. The number of rotatable bonds is 6. The minimum atomic E-state index is -1.02. The summed E-state index contributed by atoms with van der Waals surface area (Å²) in [5.41, 5.74) is 1.46. The molecule has 3 rings (SSSR count). The van der Waals surface area contributed by atoms with E-state index in [1.807, 2.05) is 0 Å². The summed E-state index contributed by atoms with van der Waals surface area (Å²) in [6.45, 7) is 1.54. The van der Waals surface area contributed by atoms with Crippen molar-refractivity contribution in [2.45, 2.75) is 13.0 Å². The Labute approximate surface area is 173 Å². The number of benzene rings is 2. The molecule has 1 aliphatic heterocycles. The van der Waals surface area contributed by atoms with Gasteiger partial charge in [-0.3, -0.25) is 4.79 Å². The number of hydrogen-bond acceptors (Lipinski definition) is 6. The highest BCUT2D eigenvalue weighted by atomic mass is 35.5. The smallest absolute Gasteiger partial charge is 0.338 e. The van der Waals surface area contributed by atoms with Crippen LogP contribution in [0, 0.1) is 0 Å². The van der Waals surface area contributed by atoms with Crippen LogP contribution in [0.25, 0.3) is 6.08 Å². The van der Waals surface area contributed by atoms with Gasteiger partial charge in [-0.15, -0.1) is 0 Å². The molecule has 1 amide bonds. The third-order valence-electron chi connectivity index (χ3n) is 4.25. The highest BCUT2D eigenvalue weighted by Gasteiger charge is 2.24. The highest BCUT2D eigenvalue weighted by molar-refractivity contribution is 6.30. The number of anilines is 1. The summed E-state index contributed by atoms with van der Waals surface area (Å²) in [6, 6.07) is 10.1. The zero-order chi connectivity index (χ0) is 21.0. The molecule has 1 N–H and O–H groups in total. The summed E-state index contributed by atoms with van der Waals surface area (Å²) in [7, 11) is 3.02. The Morgan fingerprint density at radius 2 is 1.86 bits per heavy atom. The summed E-state index contributed by atoms with van der Waals surface area (Å²) in [5, 5.41) is 3.21. The van der Waals surface area contributed by atoms with Crippen molar-refractivity contribution in [3.8, 4) is 17.2 Å². The van der Waals surface area contributed by atoms with Gasteiger partial charge in [-0.1, -0.05) is 11.6 Å². The van der Waals surface area contributed by atoms with Gasteiger partial charge in [0.2, 0.25) is 0 Å². The average Bonchev–Trinajstić information content (AvgIpc) is 2.72. The van der Waals surface area contributed by atoms with E-state index in [2.05, 4.69) is 5.32 Å². The molecule has 8 heteroatoms. The second-order valence-corrected chi connectivity index (χ2v) is 6.68.